The number of H-pyrrole nitrogens is 2. The van der Waals surface area contributed by atoms with Gasteiger partial charge in [0.25, 0.3) is 0 Å². The Kier molecular flexibility index (Phi) is 9.84. The average molecular weight is 730 g/mol. The Morgan fingerprint density at radius 2 is 0.865 bits per heavy atom. The van der Waals surface area contributed by atoms with Crippen LogP contribution in [0.2, 0.25) is 0 Å². The van der Waals surface area contributed by atoms with Crippen LogP contribution < -0.4 is 33.9 Å². The minimum absolute atomic E-state index is 0. The van der Waals surface area contributed by atoms with Gasteiger partial charge < -0.3 is 34.8 Å². The fraction of sp³-hybridized carbons (Fsp3) is 0.318. The van der Waals surface area contributed by atoms with Gasteiger partial charge in [-0.1, -0.05) is 48.5 Å². The van der Waals surface area contributed by atoms with Crippen LogP contribution in [0.25, 0.3) is 65.2 Å². The number of piperidine rings is 2. The van der Waals surface area contributed by atoms with Gasteiger partial charge in [0, 0.05) is 33.9 Å². The highest BCUT2D eigenvalue weighted by molar-refractivity contribution is 6.12. The molecule has 0 aliphatic carbocycles. The molecule has 0 unspecified atom stereocenters. The third-order valence-corrected chi connectivity index (χ3v) is 12.2. The van der Waals surface area contributed by atoms with E-state index in [1.54, 1.807) is 0 Å². The molecule has 4 aromatic heterocycles. The van der Waals surface area contributed by atoms with Crippen LogP contribution in [-0.4, -0.2) is 59.0 Å². The van der Waals surface area contributed by atoms with Crippen molar-refractivity contribution >= 4 is 65.2 Å². The summed E-state index contributed by atoms with van der Waals surface area (Å²) in [5.74, 6) is 1.79. The van der Waals surface area contributed by atoms with Crippen LogP contribution in [0.5, 0.6) is 0 Å². The van der Waals surface area contributed by atoms with Crippen molar-refractivity contribution in [2.24, 2.45) is 11.8 Å². The highest BCUT2D eigenvalue weighted by Gasteiger charge is 2.30. The molecule has 0 radical (unpaired) electrons. The van der Waals surface area contributed by atoms with Crippen LogP contribution in [0.4, 0.5) is 0 Å². The van der Waals surface area contributed by atoms with E-state index in [1.807, 2.05) is 0 Å². The summed E-state index contributed by atoms with van der Waals surface area (Å²) >= 11 is 0. The molecule has 0 atom stereocenters. The molecule has 0 amide bonds. The molecule has 8 aromatic rings. The highest BCUT2D eigenvalue weighted by Crippen LogP contribution is 2.33. The van der Waals surface area contributed by atoms with Gasteiger partial charge in [-0.3, -0.25) is 9.80 Å². The Morgan fingerprint density at radius 1 is 0.481 bits per heavy atom. The first kappa shape index (κ1) is 34.9. The average Bonchev–Trinajstić information content (AvgIpc) is 3.71. The van der Waals surface area contributed by atoms with Crippen molar-refractivity contribution in [2.45, 2.75) is 38.8 Å². The van der Waals surface area contributed by atoms with Crippen LogP contribution in [0.3, 0.4) is 0 Å². The van der Waals surface area contributed by atoms with Crippen molar-refractivity contribution in [3.63, 3.8) is 0 Å². The molecule has 0 spiro atoms. The quantitative estimate of drug-likeness (QED) is 0.247. The van der Waals surface area contributed by atoms with Crippen LogP contribution in [0.15, 0.2) is 110 Å². The van der Waals surface area contributed by atoms with E-state index in [1.165, 1.54) is 117 Å². The van der Waals surface area contributed by atoms with Crippen LogP contribution in [0.1, 0.15) is 25.7 Å². The Bertz CT molecular complexity index is 2330. The molecule has 10 rings (SSSR count). The predicted molar refractivity (Wildman–Crippen MR) is 205 cm³/mol. The number of hydrogen-bond acceptors (Lipinski definition) is 2. The van der Waals surface area contributed by atoms with Crippen molar-refractivity contribution in [3.05, 3.63) is 110 Å². The predicted octanol–water partition coefficient (Wildman–Crippen LogP) is 1.97. The largest absolute Gasteiger partial charge is 1.00 e. The maximum atomic E-state index is 3.64. The topological polar surface area (TPSA) is 45.8 Å². The lowest BCUT2D eigenvalue weighted by Crippen LogP contribution is -3.00. The SMILES string of the molecule is [Cl-].[Cl-].c1ccc2cc3c(cc2c1)[nH]c1cc[n+](CCN2CCC(C4CCN(CC[n+]5ccc6[nH]c7cc8ccccc8cc7c6c5)CC4)CC2)cc13. The van der Waals surface area contributed by atoms with E-state index in [0.717, 1.165) is 38.0 Å². The smallest absolute Gasteiger partial charge is 0.178 e. The molecule has 2 aliphatic rings. The molecule has 4 aromatic carbocycles. The number of aromatic nitrogens is 4. The van der Waals surface area contributed by atoms with Gasteiger partial charge in [-0.2, -0.15) is 0 Å². The summed E-state index contributed by atoms with van der Waals surface area (Å²) in [6.45, 7) is 9.33. The Hall–Kier alpha value is -4.20. The summed E-state index contributed by atoms with van der Waals surface area (Å²) < 4.78 is 4.79. The monoisotopic (exact) mass is 728 g/mol. The zero-order valence-corrected chi connectivity index (χ0v) is 31.1. The molecule has 0 bridgehead atoms. The Morgan fingerprint density at radius 3 is 1.27 bits per heavy atom. The third kappa shape index (κ3) is 6.62. The van der Waals surface area contributed by atoms with Crippen molar-refractivity contribution in [3.8, 4) is 0 Å². The van der Waals surface area contributed by atoms with E-state index < -0.39 is 0 Å². The first-order valence-corrected chi connectivity index (χ1v) is 18.8. The molecule has 52 heavy (non-hydrogen) atoms. The molecule has 0 saturated carbocycles. The van der Waals surface area contributed by atoms with E-state index in [4.69, 9.17) is 0 Å². The highest BCUT2D eigenvalue weighted by atomic mass is 35.5. The fourth-order valence-corrected chi connectivity index (χ4v) is 9.24. The summed E-state index contributed by atoms with van der Waals surface area (Å²) in [5, 5.41) is 10.5. The van der Waals surface area contributed by atoms with E-state index in [2.05, 4.69) is 139 Å². The number of rotatable bonds is 7. The molecule has 6 heterocycles. The Balaban J connectivity index is 0.00000193. The summed E-state index contributed by atoms with van der Waals surface area (Å²) in [7, 11) is 0. The van der Waals surface area contributed by atoms with Gasteiger partial charge in [0.05, 0.1) is 34.9 Å². The standard InChI is InChI=1S/C44H44N6.2ClH/c1-3-7-35-27-43-37(25-33(35)5-1)39-29-49(19-13-41(39)45-43)23-21-47-15-9-31(10-16-47)32-11-17-48(18-12-32)22-24-50-20-14-42-40(30-50)38-26-34-6-2-4-8-36(34)28-44(38)46-42;;/h1-8,13-14,19-20,25-32H,9-12,15-18,21-24H2;2*1H. The van der Waals surface area contributed by atoms with E-state index >= 15 is 0 Å². The molecule has 2 aliphatic heterocycles. The molecule has 2 N–H and O–H groups in total. The molecule has 8 heteroatoms. The first-order valence-electron chi connectivity index (χ1n) is 18.8. The molecule has 2 saturated heterocycles. The molecule has 2 fully saturated rings. The van der Waals surface area contributed by atoms with E-state index in [0.29, 0.717) is 0 Å². The number of benzene rings is 4. The number of nitrogens with one attached hydrogen (secondary N) is 2. The lowest BCUT2D eigenvalue weighted by Gasteiger charge is -2.39. The minimum atomic E-state index is 0. The number of hydrogen-bond donors (Lipinski definition) is 2. The number of likely N-dealkylation sites (tertiary alicyclic amines) is 2. The number of pyridine rings is 2. The summed E-state index contributed by atoms with van der Waals surface area (Å²) in [6.07, 6.45) is 14.6. The maximum absolute atomic E-state index is 3.64. The van der Waals surface area contributed by atoms with Gasteiger partial charge in [-0.25, -0.2) is 9.13 Å². The molecule has 6 nitrogen and oxygen atoms in total. The number of halogens is 2. The van der Waals surface area contributed by atoms with Crippen LogP contribution in [0, 0.1) is 11.8 Å². The van der Waals surface area contributed by atoms with Gasteiger partial charge >= 0.3 is 0 Å². The maximum Gasteiger partial charge on any atom is 0.178 e. The van der Waals surface area contributed by atoms with Gasteiger partial charge in [0.2, 0.25) is 0 Å². The fourth-order valence-electron chi connectivity index (χ4n) is 9.24. The second-order valence-corrected chi connectivity index (χ2v) is 15.1. The van der Waals surface area contributed by atoms with Gasteiger partial charge in [-0.15, -0.1) is 0 Å². The van der Waals surface area contributed by atoms with Crippen molar-refractivity contribution < 1.29 is 33.9 Å². The summed E-state index contributed by atoms with van der Waals surface area (Å²) in [6, 6.07) is 31.1. The summed E-state index contributed by atoms with van der Waals surface area (Å²) in [4.78, 5) is 12.7. The second kappa shape index (κ2) is 14.7. The lowest BCUT2D eigenvalue weighted by molar-refractivity contribution is -0.695. The first-order chi connectivity index (χ1) is 24.7. The third-order valence-electron chi connectivity index (χ3n) is 12.2. The molecular weight excluding hydrogens is 683 g/mol. The van der Waals surface area contributed by atoms with Gasteiger partial charge in [-0.05, 0) is 110 Å². The molecule has 266 valence electrons. The zero-order valence-electron chi connectivity index (χ0n) is 29.6. The van der Waals surface area contributed by atoms with Crippen LogP contribution in [-0.2, 0) is 13.1 Å². The number of aromatic amines is 2. The van der Waals surface area contributed by atoms with E-state index in [-0.39, 0.29) is 24.8 Å². The van der Waals surface area contributed by atoms with Crippen molar-refractivity contribution in [1.29, 1.82) is 0 Å². The summed E-state index contributed by atoms with van der Waals surface area (Å²) in [5.41, 5.74) is 4.89. The van der Waals surface area contributed by atoms with Crippen molar-refractivity contribution in [1.82, 2.24) is 19.8 Å². The number of nitrogens with zero attached hydrogens (tertiary/aromatic N) is 4. The molecular formula is C44H46Cl2N6. The van der Waals surface area contributed by atoms with Gasteiger partial charge in [0.15, 0.2) is 37.9 Å². The zero-order chi connectivity index (χ0) is 33.0. The Labute approximate surface area is 317 Å². The van der Waals surface area contributed by atoms with Gasteiger partial charge in [0.1, 0.15) is 0 Å². The van der Waals surface area contributed by atoms with Crippen LogP contribution >= 0.6 is 0 Å². The second-order valence-electron chi connectivity index (χ2n) is 15.1. The van der Waals surface area contributed by atoms with Crippen molar-refractivity contribution in [2.75, 3.05) is 39.3 Å². The normalized spacial score (nSPS) is 16.7. The lowest BCUT2D eigenvalue weighted by atomic mass is 9.79. The number of fused-ring (bicyclic) bond motifs is 8. The van der Waals surface area contributed by atoms with E-state index in [9.17, 15) is 0 Å². The minimum Gasteiger partial charge on any atom is -1.00 e.